The Bertz CT molecular complexity index is 487. The minimum atomic E-state index is -0.124. The van der Waals surface area contributed by atoms with Gasteiger partial charge in [0.05, 0.1) is 11.7 Å². The third-order valence-corrected chi connectivity index (χ3v) is 3.38. The maximum atomic E-state index is 5.98. The number of halogens is 1. The Labute approximate surface area is 125 Å². The fourth-order valence-corrected chi connectivity index (χ4v) is 1.78. The van der Waals surface area contributed by atoms with Gasteiger partial charge in [-0.3, -0.25) is 10.0 Å². The zero-order valence-corrected chi connectivity index (χ0v) is 12.8. The van der Waals surface area contributed by atoms with Crippen molar-refractivity contribution in [1.29, 1.82) is 0 Å². The minimum Gasteiger partial charge on any atom is -0.489 e. The van der Waals surface area contributed by atoms with Gasteiger partial charge in [-0.05, 0) is 26.0 Å². The quantitative estimate of drug-likeness (QED) is 0.569. The van der Waals surface area contributed by atoms with Crippen molar-refractivity contribution < 1.29 is 4.74 Å². The number of nitrogens with zero attached hydrogens (tertiary/aromatic N) is 3. The Kier molecular flexibility index (Phi) is 6.25. The lowest BCUT2D eigenvalue weighted by Crippen LogP contribution is -2.40. The highest BCUT2D eigenvalue weighted by Gasteiger charge is 2.23. The molecular weight excluding hydrogens is 274 g/mol. The standard InChI is InChI=1S/C15H20ClN3O/c1-11(19(18-5)12(2)15(16)17-4)13(3)20-14-9-7-6-8-10-14/h6-11,13H,2,5H2,1,3-4H3/b17-15-/t11-,13?/m0/s1. The molecule has 108 valence electrons. The molecule has 1 unspecified atom stereocenters. The maximum absolute atomic E-state index is 5.98. The Balaban J connectivity index is 2.78. The molecule has 0 heterocycles. The number of hydrogen-bond acceptors (Lipinski definition) is 4. The van der Waals surface area contributed by atoms with E-state index in [4.69, 9.17) is 16.3 Å². The Morgan fingerprint density at radius 3 is 2.40 bits per heavy atom. The number of ether oxygens (including phenoxy) is 1. The topological polar surface area (TPSA) is 37.2 Å². The van der Waals surface area contributed by atoms with Crippen molar-refractivity contribution in [3.8, 4) is 5.75 Å². The van der Waals surface area contributed by atoms with Crippen molar-refractivity contribution >= 4 is 23.5 Å². The zero-order chi connectivity index (χ0) is 15.1. The molecule has 0 aliphatic carbocycles. The van der Waals surface area contributed by atoms with Gasteiger partial charge in [0, 0.05) is 13.8 Å². The zero-order valence-electron chi connectivity index (χ0n) is 12.1. The summed E-state index contributed by atoms with van der Waals surface area (Å²) in [7, 11) is 1.60. The first-order chi connectivity index (χ1) is 9.51. The molecule has 4 nitrogen and oxygen atoms in total. The predicted octanol–water partition coefficient (Wildman–Crippen LogP) is 3.54. The summed E-state index contributed by atoms with van der Waals surface area (Å²) < 4.78 is 5.87. The third kappa shape index (κ3) is 4.10. The largest absolute Gasteiger partial charge is 0.489 e. The predicted molar refractivity (Wildman–Crippen MR) is 85.7 cm³/mol. The van der Waals surface area contributed by atoms with E-state index in [0.717, 1.165) is 5.75 Å². The molecule has 2 atom stereocenters. The second-order valence-electron chi connectivity index (χ2n) is 4.32. The van der Waals surface area contributed by atoms with Crippen molar-refractivity contribution in [2.24, 2.45) is 10.1 Å². The second-order valence-corrected chi connectivity index (χ2v) is 4.68. The summed E-state index contributed by atoms with van der Waals surface area (Å²) in [6.45, 7) is 11.4. The number of benzene rings is 1. The van der Waals surface area contributed by atoms with Gasteiger partial charge in [-0.1, -0.05) is 36.4 Å². The summed E-state index contributed by atoms with van der Waals surface area (Å²) >= 11 is 5.98. The van der Waals surface area contributed by atoms with E-state index in [2.05, 4.69) is 23.4 Å². The van der Waals surface area contributed by atoms with Gasteiger partial charge in [0.2, 0.25) is 0 Å². The number of para-hydroxylation sites is 1. The fraction of sp³-hybridized carbons (Fsp3) is 0.333. The van der Waals surface area contributed by atoms with Gasteiger partial charge in [0.15, 0.2) is 0 Å². The maximum Gasteiger partial charge on any atom is 0.148 e. The Hall–Kier alpha value is -1.81. The molecule has 20 heavy (non-hydrogen) atoms. The van der Waals surface area contributed by atoms with Gasteiger partial charge < -0.3 is 4.74 Å². The Morgan fingerprint density at radius 1 is 1.30 bits per heavy atom. The molecule has 0 amide bonds. The smallest absolute Gasteiger partial charge is 0.148 e. The average Bonchev–Trinajstić information content (AvgIpc) is 2.47. The summed E-state index contributed by atoms with van der Waals surface area (Å²) in [5.41, 5.74) is 0.500. The minimum absolute atomic E-state index is 0.0873. The highest BCUT2D eigenvalue weighted by atomic mass is 35.5. The molecule has 0 aliphatic heterocycles. The molecule has 1 aromatic rings. The SMILES string of the molecule is C=NN(C(=C)/C(Cl)=N/C)[C@@H](C)C(C)Oc1ccccc1. The molecule has 0 fully saturated rings. The molecule has 1 rings (SSSR count). The van der Waals surface area contributed by atoms with E-state index in [1.807, 2.05) is 44.2 Å². The van der Waals surface area contributed by atoms with Gasteiger partial charge in [0.25, 0.3) is 0 Å². The van der Waals surface area contributed by atoms with Gasteiger partial charge in [-0.15, -0.1) is 0 Å². The van der Waals surface area contributed by atoms with E-state index in [1.54, 1.807) is 12.1 Å². The first-order valence-corrected chi connectivity index (χ1v) is 6.68. The van der Waals surface area contributed by atoms with Crippen LogP contribution in [0, 0.1) is 0 Å². The molecule has 5 heteroatoms. The normalized spacial score (nSPS) is 14.3. The molecule has 0 aliphatic rings. The summed E-state index contributed by atoms with van der Waals surface area (Å²) in [4.78, 5) is 3.90. The molecule has 0 spiro atoms. The number of rotatable bonds is 7. The van der Waals surface area contributed by atoms with Crippen LogP contribution in [0.5, 0.6) is 5.75 Å². The van der Waals surface area contributed by atoms with Gasteiger partial charge in [-0.2, -0.15) is 5.10 Å². The lowest BCUT2D eigenvalue weighted by atomic mass is 10.2. The molecule has 0 radical (unpaired) electrons. The second kappa shape index (κ2) is 7.70. The number of aliphatic imine (C=N–C) groups is 1. The van der Waals surface area contributed by atoms with E-state index in [1.165, 1.54) is 0 Å². The molecule has 0 aromatic heterocycles. The van der Waals surface area contributed by atoms with Crippen LogP contribution in [0.1, 0.15) is 13.8 Å². The van der Waals surface area contributed by atoms with Crippen LogP contribution in [0.25, 0.3) is 0 Å². The number of allylic oxidation sites excluding steroid dienone is 1. The van der Waals surface area contributed by atoms with E-state index in [0.29, 0.717) is 10.9 Å². The molecule has 0 saturated heterocycles. The first kappa shape index (κ1) is 16.2. The van der Waals surface area contributed by atoms with E-state index >= 15 is 0 Å². The fourth-order valence-electron chi connectivity index (χ4n) is 1.69. The number of hydrogen-bond donors (Lipinski definition) is 0. The summed E-state index contributed by atoms with van der Waals surface area (Å²) in [6.07, 6.45) is -0.124. The molecular formula is C15H20ClN3O. The highest BCUT2D eigenvalue weighted by Crippen LogP contribution is 2.19. The lowest BCUT2D eigenvalue weighted by molar-refractivity contribution is 0.117. The van der Waals surface area contributed by atoms with E-state index in [9.17, 15) is 0 Å². The average molecular weight is 294 g/mol. The van der Waals surface area contributed by atoms with E-state index < -0.39 is 0 Å². The van der Waals surface area contributed by atoms with Crippen LogP contribution in [-0.4, -0.2) is 36.1 Å². The summed E-state index contributed by atoms with van der Waals surface area (Å²) in [6, 6.07) is 9.52. The third-order valence-electron chi connectivity index (χ3n) is 2.99. The van der Waals surface area contributed by atoms with Crippen molar-refractivity contribution in [3.63, 3.8) is 0 Å². The van der Waals surface area contributed by atoms with Crippen molar-refractivity contribution in [3.05, 3.63) is 42.6 Å². The molecule has 0 N–H and O–H groups in total. The van der Waals surface area contributed by atoms with Crippen LogP contribution in [0.15, 0.2) is 52.7 Å². The first-order valence-electron chi connectivity index (χ1n) is 6.30. The van der Waals surface area contributed by atoms with Crippen LogP contribution >= 0.6 is 11.6 Å². The van der Waals surface area contributed by atoms with E-state index in [-0.39, 0.29) is 12.1 Å². The van der Waals surface area contributed by atoms with Crippen LogP contribution in [-0.2, 0) is 0 Å². The van der Waals surface area contributed by atoms with Crippen molar-refractivity contribution in [2.75, 3.05) is 7.05 Å². The van der Waals surface area contributed by atoms with Gasteiger partial charge >= 0.3 is 0 Å². The molecule has 0 saturated carbocycles. The van der Waals surface area contributed by atoms with Crippen LogP contribution < -0.4 is 4.74 Å². The monoisotopic (exact) mass is 293 g/mol. The van der Waals surface area contributed by atoms with Crippen LogP contribution in [0.4, 0.5) is 0 Å². The molecule has 0 bridgehead atoms. The summed E-state index contributed by atoms with van der Waals surface area (Å²) in [5.74, 6) is 0.803. The Morgan fingerprint density at radius 2 is 1.90 bits per heavy atom. The molecule has 1 aromatic carbocycles. The highest BCUT2D eigenvalue weighted by molar-refractivity contribution is 6.69. The van der Waals surface area contributed by atoms with Crippen molar-refractivity contribution in [2.45, 2.75) is 26.0 Å². The van der Waals surface area contributed by atoms with Crippen LogP contribution in [0.2, 0.25) is 0 Å². The van der Waals surface area contributed by atoms with Crippen molar-refractivity contribution in [1.82, 2.24) is 5.01 Å². The van der Waals surface area contributed by atoms with Gasteiger partial charge in [0.1, 0.15) is 17.0 Å². The number of hydrazone groups is 1. The lowest BCUT2D eigenvalue weighted by Gasteiger charge is -2.31. The van der Waals surface area contributed by atoms with Crippen LogP contribution in [0.3, 0.4) is 0 Å². The van der Waals surface area contributed by atoms with Gasteiger partial charge in [-0.25, -0.2) is 0 Å². The summed E-state index contributed by atoms with van der Waals surface area (Å²) in [5, 5.41) is 5.87.